The van der Waals surface area contributed by atoms with Crippen LogP contribution >= 0.6 is 0 Å². The lowest BCUT2D eigenvalue weighted by atomic mass is 9.77. The van der Waals surface area contributed by atoms with Crippen molar-refractivity contribution in [3.05, 3.63) is 120 Å². The number of carbonyl (C=O) groups excluding carboxylic acids is 1. The van der Waals surface area contributed by atoms with Gasteiger partial charge in [0.2, 0.25) is 5.91 Å². The van der Waals surface area contributed by atoms with Crippen molar-refractivity contribution < 1.29 is 9.90 Å². The largest absolute Gasteiger partial charge is 0.400 e. The van der Waals surface area contributed by atoms with Crippen LogP contribution < -0.4 is 4.90 Å². The molecular weight excluding hydrogens is 610 g/mol. The Labute approximate surface area is 288 Å². The number of aromatic nitrogens is 6. The highest BCUT2D eigenvalue weighted by molar-refractivity contribution is 6.08. The van der Waals surface area contributed by atoms with Gasteiger partial charge in [-0.05, 0) is 68.4 Å². The number of anilines is 1. The molecule has 6 aromatic rings. The first-order valence-corrected chi connectivity index (χ1v) is 16.7. The Morgan fingerprint density at radius 3 is 2.08 bits per heavy atom. The molecular formula is C40H45N7O2. The number of aryl methyl sites for hydroxylation is 2. The minimum Gasteiger partial charge on any atom is -0.400 e. The summed E-state index contributed by atoms with van der Waals surface area (Å²) in [7, 11) is 2.85. The topological polar surface area (TPSA) is 110 Å². The highest BCUT2D eigenvalue weighted by Crippen LogP contribution is 2.45. The van der Waals surface area contributed by atoms with Crippen LogP contribution in [0.15, 0.2) is 97.6 Å². The van der Waals surface area contributed by atoms with Gasteiger partial charge in [-0.3, -0.25) is 4.79 Å². The van der Waals surface area contributed by atoms with E-state index in [1.807, 2.05) is 51.2 Å². The third-order valence-electron chi connectivity index (χ3n) is 8.78. The number of imidazole rings is 1. The highest BCUT2D eigenvalue weighted by Gasteiger charge is 2.46. The molecule has 49 heavy (non-hydrogen) atoms. The van der Waals surface area contributed by atoms with E-state index in [9.17, 15) is 4.79 Å². The summed E-state index contributed by atoms with van der Waals surface area (Å²) < 4.78 is 2.05. The molecule has 0 saturated carbocycles. The molecule has 252 valence electrons. The summed E-state index contributed by atoms with van der Waals surface area (Å²) in [6.07, 6.45) is 6.97. The predicted molar refractivity (Wildman–Crippen MR) is 196 cm³/mol. The molecule has 1 aliphatic heterocycles. The predicted octanol–water partition coefficient (Wildman–Crippen LogP) is 7.25. The number of benzene rings is 3. The number of carbonyl (C=O) groups is 1. The van der Waals surface area contributed by atoms with Crippen molar-refractivity contribution in [2.24, 2.45) is 5.92 Å². The zero-order valence-electron chi connectivity index (χ0n) is 29.4. The second-order valence-corrected chi connectivity index (χ2v) is 12.8. The van der Waals surface area contributed by atoms with E-state index in [-0.39, 0.29) is 5.91 Å². The van der Waals surface area contributed by atoms with Crippen LogP contribution in [0.2, 0.25) is 0 Å². The average molecular weight is 656 g/mol. The molecule has 9 heteroatoms. The second kappa shape index (κ2) is 15.3. The molecule has 9 nitrogen and oxygen atoms in total. The highest BCUT2D eigenvalue weighted by atomic mass is 16.2. The normalized spacial score (nSPS) is 15.0. The molecule has 4 heterocycles. The summed E-state index contributed by atoms with van der Waals surface area (Å²) in [4.78, 5) is 38.1. The van der Waals surface area contributed by atoms with Crippen LogP contribution in [0.4, 0.5) is 5.69 Å². The third-order valence-corrected chi connectivity index (χ3v) is 8.78. The summed E-state index contributed by atoms with van der Waals surface area (Å²) in [5.74, 6) is 2.32. The van der Waals surface area contributed by atoms with E-state index in [1.165, 1.54) is 12.0 Å². The van der Waals surface area contributed by atoms with Gasteiger partial charge in [-0.25, -0.2) is 24.9 Å². The second-order valence-electron chi connectivity index (χ2n) is 12.8. The van der Waals surface area contributed by atoms with E-state index in [4.69, 9.17) is 10.1 Å². The van der Waals surface area contributed by atoms with Crippen molar-refractivity contribution in [2.75, 3.05) is 19.1 Å². The van der Waals surface area contributed by atoms with Crippen LogP contribution in [-0.4, -0.2) is 54.7 Å². The number of fused-ring (bicyclic) bond motifs is 2. The van der Waals surface area contributed by atoms with E-state index in [2.05, 4.69) is 93.8 Å². The van der Waals surface area contributed by atoms with Gasteiger partial charge in [-0.1, -0.05) is 80.6 Å². The zero-order chi connectivity index (χ0) is 35.1. The van der Waals surface area contributed by atoms with Gasteiger partial charge in [0.1, 0.15) is 29.2 Å². The first-order valence-electron chi connectivity index (χ1n) is 16.7. The van der Waals surface area contributed by atoms with Crippen molar-refractivity contribution in [2.45, 2.75) is 59.4 Å². The molecule has 1 atom stereocenters. The van der Waals surface area contributed by atoms with Crippen LogP contribution in [0.1, 0.15) is 50.2 Å². The molecule has 0 fully saturated rings. The Morgan fingerprint density at radius 2 is 1.47 bits per heavy atom. The molecule has 0 bridgehead atoms. The molecule has 1 N–H and O–H groups in total. The van der Waals surface area contributed by atoms with E-state index in [0.717, 1.165) is 58.1 Å². The average Bonchev–Trinajstić information content (AvgIpc) is 3.59. The zero-order valence-corrected chi connectivity index (χ0v) is 29.4. The van der Waals surface area contributed by atoms with Crippen molar-refractivity contribution in [1.82, 2.24) is 29.5 Å². The van der Waals surface area contributed by atoms with Crippen LogP contribution in [0.25, 0.3) is 33.8 Å². The van der Waals surface area contributed by atoms with Gasteiger partial charge in [0.15, 0.2) is 5.65 Å². The molecule has 3 aromatic heterocycles. The van der Waals surface area contributed by atoms with Crippen LogP contribution in [-0.2, 0) is 29.6 Å². The molecule has 1 aliphatic rings. The Bertz CT molecular complexity index is 2010. The molecule has 7 rings (SSSR count). The minimum absolute atomic E-state index is 0.0910. The fourth-order valence-electron chi connectivity index (χ4n) is 6.45. The first kappa shape index (κ1) is 35.0. The maximum atomic E-state index is 13.5. The summed E-state index contributed by atoms with van der Waals surface area (Å²) in [5, 5.41) is 7.00. The van der Waals surface area contributed by atoms with Crippen LogP contribution in [0.5, 0.6) is 0 Å². The maximum Gasteiger partial charge on any atom is 0.237 e. The van der Waals surface area contributed by atoms with E-state index in [0.29, 0.717) is 24.3 Å². The lowest BCUT2D eigenvalue weighted by Crippen LogP contribution is -2.37. The maximum absolute atomic E-state index is 13.5. The number of aliphatic hydroxyl groups excluding tert-OH is 1. The fourth-order valence-corrected chi connectivity index (χ4v) is 6.45. The smallest absolute Gasteiger partial charge is 0.237 e. The molecule has 0 saturated heterocycles. The molecule has 0 spiro atoms. The quantitative estimate of drug-likeness (QED) is 0.193. The number of amides is 1. The molecule has 0 radical (unpaired) electrons. The fraction of sp³-hybridized carbons (Fsp3) is 0.300. The van der Waals surface area contributed by atoms with Crippen molar-refractivity contribution in [3.63, 3.8) is 0 Å². The van der Waals surface area contributed by atoms with Gasteiger partial charge in [0, 0.05) is 44.3 Å². The van der Waals surface area contributed by atoms with Gasteiger partial charge in [0.25, 0.3) is 0 Å². The Kier molecular flexibility index (Phi) is 10.9. The molecule has 1 amide bonds. The van der Waals surface area contributed by atoms with Gasteiger partial charge < -0.3 is 14.6 Å². The lowest BCUT2D eigenvalue weighted by molar-refractivity contribution is -0.122. The Balaban J connectivity index is 0.000000334. The van der Waals surface area contributed by atoms with Crippen molar-refractivity contribution >= 4 is 22.8 Å². The van der Waals surface area contributed by atoms with Crippen LogP contribution in [0, 0.1) is 12.8 Å². The summed E-state index contributed by atoms with van der Waals surface area (Å²) >= 11 is 0. The Morgan fingerprint density at radius 1 is 0.837 bits per heavy atom. The molecule has 0 aliphatic carbocycles. The first-order chi connectivity index (χ1) is 23.7. The number of aliphatic hydroxyl groups is 1. The SMILES string of the molecule is CC(C)Cc1ccccc1.CCn1c(-c2cnc(C)nc2)nc2c(-c3ccc4c(c3)C(C)(Cc3ccccc3)C(=O)N4C)ncnc21.CO. The van der Waals surface area contributed by atoms with E-state index >= 15 is 0 Å². The van der Waals surface area contributed by atoms with Gasteiger partial charge >= 0.3 is 0 Å². The van der Waals surface area contributed by atoms with E-state index in [1.54, 1.807) is 23.6 Å². The standard InChI is InChI=1S/C29H27N7O.C10H14.CH4O/c1-5-36-26(21-15-30-18(2)31-16-21)34-25-24(32-17-33-27(25)36)20-11-12-23-22(13-20)29(3,28(37)35(23)4)14-19-9-7-6-8-10-19;1-9(2)8-10-6-4-3-5-7-10;1-2/h6-13,15-17H,5,14H2,1-4H3;3-7,9H,8H2,1-2H3;2H,1H3. The van der Waals surface area contributed by atoms with Gasteiger partial charge in [-0.15, -0.1) is 0 Å². The van der Waals surface area contributed by atoms with Crippen LogP contribution in [0.3, 0.4) is 0 Å². The number of nitrogens with zero attached hydrogens (tertiary/aromatic N) is 7. The Hall–Kier alpha value is -5.28. The number of hydrogen-bond donors (Lipinski definition) is 1. The summed E-state index contributed by atoms with van der Waals surface area (Å²) in [5.41, 5.74) is 7.74. The molecule has 1 unspecified atom stereocenters. The van der Waals surface area contributed by atoms with Gasteiger partial charge in [0.05, 0.1) is 11.0 Å². The summed E-state index contributed by atoms with van der Waals surface area (Å²) in [6, 6.07) is 26.9. The number of rotatable bonds is 7. The third kappa shape index (κ3) is 7.27. The number of hydrogen-bond acceptors (Lipinski definition) is 7. The van der Waals surface area contributed by atoms with Crippen molar-refractivity contribution in [1.29, 1.82) is 0 Å². The van der Waals surface area contributed by atoms with E-state index < -0.39 is 5.41 Å². The monoisotopic (exact) mass is 655 g/mol. The van der Waals surface area contributed by atoms with Crippen molar-refractivity contribution in [3.8, 4) is 22.6 Å². The minimum atomic E-state index is -0.680. The number of likely N-dealkylation sites (N-methyl/N-ethyl adjacent to an activating group) is 1. The molecule has 3 aromatic carbocycles. The van der Waals surface area contributed by atoms with Gasteiger partial charge in [-0.2, -0.15) is 0 Å². The summed E-state index contributed by atoms with van der Waals surface area (Å²) in [6.45, 7) is 11.1. The lowest BCUT2D eigenvalue weighted by Gasteiger charge is -2.23.